The van der Waals surface area contributed by atoms with Crippen LogP contribution in [0, 0.1) is 0 Å². The molecule has 1 saturated heterocycles. The molecule has 0 saturated carbocycles. The SMILES string of the molecule is CC/C=C\C/C=C\C/C=C\C/C=C\C/C=C\CCC(O)C(=O)NC(COC1OC(CO)C(O)C(O)C1OC(=O)CCCCCCCCC/C=C/CCCCCCCC)C(O)/C=C/CCCCCCCCCCCC. The van der Waals surface area contributed by atoms with E-state index in [0.717, 1.165) is 89.9 Å². The molecular formula is C63H109NO10. The van der Waals surface area contributed by atoms with Crippen LogP contribution in [0.5, 0.6) is 0 Å². The fourth-order valence-electron chi connectivity index (χ4n) is 8.80. The zero-order chi connectivity index (χ0) is 54.0. The maximum atomic E-state index is 13.4. The number of allylic oxidation sites excluding steroid dienone is 13. The Kier molecular flexibility index (Phi) is 47.1. The van der Waals surface area contributed by atoms with E-state index in [1.165, 1.54) is 103 Å². The summed E-state index contributed by atoms with van der Waals surface area (Å²) in [6, 6.07) is -1.06. The van der Waals surface area contributed by atoms with Gasteiger partial charge in [0.2, 0.25) is 5.91 Å². The van der Waals surface area contributed by atoms with Gasteiger partial charge in [0.25, 0.3) is 0 Å². The number of hydrogen-bond donors (Lipinski definition) is 6. The highest BCUT2D eigenvalue weighted by atomic mass is 16.7. The molecule has 11 heteroatoms. The predicted molar refractivity (Wildman–Crippen MR) is 306 cm³/mol. The quantitative estimate of drug-likeness (QED) is 0.0195. The highest BCUT2D eigenvalue weighted by Crippen LogP contribution is 2.26. The van der Waals surface area contributed by atoms with Gasteiger partial charge >= 0.3 is 5.97 Å². The number of amides is 1. The monoisotopic (exact) mass is 1040 g/mol. The number of carbonyl (C=O) groups is 2. The lowest BCUT2D eigenvalue weighted by molar-refractivity contribution is -0.305. The van der Waals surface area contributed by atoms with E-state index in [1.807, 2.05) is 18.2 Å². The Hall–Kier alpha value is -3.16. The van der Waals surface area contributed by atoms with Crippen molar-refractivity contribution in [1.82, 2.24) is 5.32 Å². The summed E-state index contributed by atoms with van der Waals surface area (Å²) in [5.41, 5.74) is 0. The molecule has 0 aromatic heterocycles. The molecule has 0 radical (unpaired) electrons. The molecule has 0 aromatic rings. The van der Waals surface area contributed by atoms with E-state index in [2.05, 4.69) is 86.8 Å². The van der Waals surface area contributed by atoms with Gasteiger partial charge in [0.15, 0.2) is 12.4 Å². The van der Waals surface area contributed by atoms with E-state index >= 15 is 0 Å². The fourth-order valence-corrected chi connectivity index (χ4v) is 8.80. The van der Waals surface area contributed by atoms with Crippen molar-refractivity contribution in [3.8, 4) is 0 Å². The molecule has 6 N–H and O–H groups in total. The Bertz CT molecular complexity index is 1520. The maximum Gasteiger partial charge on any atom is 0.306 e. The van der Waals surface area contributed by atoms with Crippen molar-refractivity contribution in [2.24, 2.45) is 0 Å². The maximum absolute atomic E-state index is 13.4. The lowest BCUT2D eigenvalue weighted by atomic mass is 9.99. The average molecular weight is 1040 g/mol. The lowest BCUT2D eigenvalue weighted by Gasteiger charge is -2.41. The van der Waals surface area contributed by atoms with E-state index in [9.17, 15) is 35.1 Å². The largest absolute Gasteiger partial charge is 0.454 e. The van der Waals surface area contributed by atoms with Crippen molar-refractivity contribution in [2.45, 2.75) is 288 Å². The molecule has 8 atom stereocenters. The van der Waals surface area contributed by atoms with Crippen LogP contribution in [0.3, 0.4) is 0 Å². The molecule has 0 aromatic carbocycles. The van der Waals surface area contributed by atoms with Gasteiger partial charge in [0, 0.05) is 6.42 Å². The number of rotatable bonds is 49. The number of esters is 1. The van der Waals surface area contributed by atoms with Crippen LogP contribution in [0.25, 0.3) is 0 Å². The van der Waals surface area contributed by atoms with Gasteiger partial charge in [-0.3, -0.25) is 9.59 Å². The first-order valence-electron chi connectivity index (χ1n) is 29.9. The second-order valence-corrected chi connectivity index (χ2v) is 20.3. The van der Waals surface area contributed by atoms with Crippen molar-refractivity contribution in [2.75, 3.05) is 13.2 Å². The predicted octanol–water partition coefficient (Wildman–Crippen LogP) is 13.8. The summed E-state index contributed by atoms with van der Waals surface area (Å²) in [6.07, 6.45) is 54.9. The lowest BCUT2D eigenvalue weighted by Crippen LogP contribution is -2.61. The van der Waals surface area contributed by atoms with Crippen LogP contribution in [0.4, 0.5) is 0 Å². The van der Waals surface area contributed by atoms with E-state index < -0.39 is 67.4 Å². The third-order valence-electron chi connectivity index (χ3n) is 13.5. The number of hydrogen-bond acceptors (Lipinski definition) is 10. The third-order valence-corrected chi connectivity index (χ3v) is 13.5. The van der Waals surface area contributed by atoms with Gasteiger partial charge < -0.3 is 45.1 Å². The molecule has 11 nitrogen and oxygen atoms in total. The molecular weight excluding hydrogens is 931 g/mol. The van der Waals surface area contributed by atoms with Crippen molar-refractivity contribution in [1.29, 1.82) is 0 Å². The average Bonchev–Trinajstić information content (AvgIpc) is 3.40. The van der Waals surface area contributed by atoms with Crippen LogP contribution in [-0.2, 0) is 23.8 Å². The second kappa shape index (κ2) is 50.6. The molecule has 1 rings (SSSR count). The van der Waals surface area contributed by atoms with Crippen molar-refractivity contribution in [3.05, 3.63) is 85.1 Å². The Morgan fingerprint density at radius 1 is 0.541 bits per heavy atom. The molecule has 74 heavy (non-hydrogen) atoms. The zero-order valence-electron chi connectivity index (χ0n) is 46.9. The summed E-state index contributed by atoms with van der Waals surface area (Å²) in [6.45, 7) is 5.62. The van der Waals surface area contributed by atoms with Gasteiger partial charge in [0.1, 0.15) is 24.4 Å². The number of aliphatic hydroxyl groups is 5. The number of carbonyl (C=O) groups excluding carboxylic acids is 2. The Morgan fingerprint density at radius 3 is 1.46 bits per heavy atom. The van der Waals surface area contributed by atoms with Crippen molar-refractivity contribution in [3.63, 3.8) is 0 Å². The summed E-state index contributed by atoms with van der Waals surface area (Å²) in [5, 5.41) is 56.8. The molecule has 8 unspecified atom stereocenters. The summed E-state index contributed by atoms with van der Waals surface area (Å²) in [7, 11) is 0. The van der Waals surface area contributed by atoms with Gasteiger partial charge in [-0.05, 0) is 89.9 Å². The number of ether oxygens (including phenoxy) is 3. The first kappa shape index (κ1) is 68.9. The minimum absolute atomic E-state index is 0.109. The summed E-state index contributed by atoms with van der Waals surface area (Å²) < 4.78 is 17.6. The third kappa shape index (κ3) is 38.4. The van der Waals surface area contributed by atoms with E-state index in [-0.39, 0.29) is 19.4 Å². The topological polar surface area (TPSA) is 175 Å². The molecule has 0 bridgehead atoms. The standard InChI is InChI=1S/C63H109NO10/c1-4-7-10-13-16-19-22-25-27-29-31-33-36-39-42-45-48-51-58(68)74-61-60(70)59(69)57(52-65)73-63(61)72-53-54(55(66)49-46-43-40-37-34-24-21-18-15-12-9-6-3)64-62(71)56(67)50-47-44-41-38-35-32-30-28-26-23-20-17-14-11-8-5-2/h8,11,17,20,25-28,32,35,41,44,46,49,54-57,59-61,63,65-67,69-70H,4-7,9-10,12-16,18-19,21-24,29-31,33-34,36-40,42-43,45,47-48,50-53H2,1-3H3,(H,64,71)/b11-8-,20-17-,27-25+,28-26-,35-32-,44-41-,49-46+. The number of unbranched alkanes of at least 4 members (excludes halogenated alkanes) is 23. The Labute approximate surface area is 451 Å². The fraction of sp³-hybridized carbons (Fsp3) is 0.746. The smallest absolute Gasteiger partial charge is 0.306 e. The van der Waals surface area contributed by atoms with Crippen LogP contribution in [0.15, 0.2) is 85.1 Å². The molecule has 1 heterocycles. The van der Waals surface area contributed by atoms with Crippen molar-refractivity contribution < 1.29 is 49.3 Å². The van der Waals surface area contributed by atoms with Gasteiger partial charge in [-0.25, -0.2) is 0 Å². The number of nitrogens with one attached hydrogen (secondary N) is 1. The summed E-state index contributed by atoms with van der Waals surface area (Å²) in [5.74, 6) is -1.26. The molecule has 0 spiro atoms. The van der Waals surface area contributed by atoms with Crippen LogP contribution in [0.2, 0.25) is 0 Å². The molecule has 0 aliphatic carbocycles. The van der Waals surface area contributed by atoms with E-state index in [4.69, 9.17) is 14.2 Å². The van der Waals surface area contributed by atoms with Gasteiger partial charge in [0.05, 0.1) is 25.4 Å². The van der Waals surface area contributed by atoms with E-state index in [0.29, 0.717) is 12.8 Å². The Balaban J connectivity index is 2.75. The first-order chi connectivity index (χ1) is 36.2. The molecule has 426 valence electrons. The van der Waals surface area contributed by atoms with Gasteiger partial charge in [-0.1, -0.05) is 228 Å². The van der Waals surface area contributed by atoms with Gasteiger partial charge in [-0.15, -0.1) is 0 Å². The molecule has 1 aliphatic heterocycles. The highest BCUT2D eigenvalue weighted by Gasteiger charge is 2.47. The van der Waals surface area contributed by atoms with Gasteiger partial charge in [-0.2, -0.15) is 0 Å². The summed E-state index contributed by atoms with van der Waals surface area (Å²) in [4.78, 5) is 26.5. The minimum atomic E-state index is -1.63. The minimum Gasteiger partial charge on any atom is -0.454 e. The summed E-state index contributed by atoms with van der Waals surface area (Å²) >= 11 is 0. The highest BCUT2D eigenvalue weighted by molar-refractivity contribution is 5.80. The molecule has 1 fully saturated rings. The van der Waals surface area contributed by atoms with Crippen LogP contribution < -0.4 is 5.32 Å². The second-order valence-electron chi connectivity index (χ2n) is 20.3. The normalized spacial score (nSPS) is 19.9. The molecule has 1 amide bonds. The first-order valence-corrected chi connectivity index (χ1v) is 29.9. The van der Waals surface area contributed by atoms with Crippen LogP contribution >= 0.6 is 0 Å². The van der Waals surface area contributed by atoms with Crippen molar-refractivity contribution >= 4 is 11.9 Å². The van der Waals surface area contributed by atoms with Crippen LogP contribution in [0.1, 0.15) is 239 Å². The Morgan fingerprint density at radius 2 is 0.973 bits per heavy atom. The van der Waals surface area contributed by atoms with E-state index in [1.54, 1.807) is 6.08 Å². The zero-order valence-corrected chi connectivity index (χ0v) is 46.9. The molecule has 1 aliphatic rings. The van der Waals surface area contributed by atoms with Crippen LogP contribution in [-0.4, -0.2) is 99.6 Å². The number of aliphatic hydroxyl groups excluding tert-OH is 5.